The molecule has 0 unspecified atom stereocenters. The van der Waals surface area contributed by atoms with Crippen LogP contribution >= 0.6 is 0 Å². The van der Waals surface area contributed by atoms with Gasteiger partial charge in [0.25, 0.3) is 0 Å². The van der Waals surface area contributed by atoms with E-state index in [1.165, 1.54) is 9.13 Å². The van der Waals surface area contributed by atoms with E-state index >= 15 is 0 Å². The van der Waals surface area contributed by atoms with Gasteiger partial charge in [-0.25, -0.2) is 14.8 Å². The molecule has 0 bridgehead atoms. The highest BCUT2D eigenvalue weighted by Gasteiger charge is 2.38. The van der Waals surface area contributed by atoms with Crippen molar-refractivity contribution < 1.29 is 4.74 Å². The first kappa shape index (κ1) is 19.1. The summed E-state index contributed by atoms with van der Waals surface area (Å²) in [6, 6.07) is 8.00. The standard InChI is InChI=1S/C21H20N8O2/c1-13-10-15-14(4-3-7-23-15)25-17(13)26-19-24-11-16-18(27-19)29(20(30)28(16)2)21(12-22)5-8-31-9-6-21/h3-4,7,10-11H,5-6,8-9H2,1-2H3,(H,24,25,26,27). The molecule has 1 aliphatic rings. The van der Waals surface area contributed by atoms with Gasteiger partial charge in [-0.15, -0.1) is 0 Å². The van der Waals surface area contributed by atoms with Gasteiger partial charge in [0, 0.05) is 39.3 Å². The van der Waals surface area contributed by atoms with Crippen LogP contribution in [0.25, 0.3) is 22.2 Å². The van der Waals surface area contributed by atoms with Crippen molar-refractivity contribution in [1.29, 1.82) is 5.26 Å². The molecule has 10 nitrogen and oxygen atoms in total. The molecule has 5 heterocycles. The van der Waals surface area contributed by atoms with E-state index in [9.17, 15) is 10.1 Å². The van der Waals surface area contributed by atoms with Gasteiger partial charge >= 0.3 is 5.69 Å². The third-order valence-corrected chi connectivity index (χ3v) is 5.76. The summed E-state index contributed by atoms with van der Waals surface area (Å²) < 4.78 is 8.39. The summed E-state index contributed by atoms with van der Waals surface area (Å²) in [7, 11) is 1.66. The van der Waals surface area contributed by atoms with Crippen LogP contribution in [0.4, 0.5) is 11.8 Å². The molecule has 0 amide bonds. The monoisotopic (exact) mass is 416 g/mol. The highest BCUT2D eigenvalue weighted by molar-refractivity contribution is 5.79. The number of aromatic nitrogens is 6. The molecule has 0 aliphatic carbocycles. The summed E-state index contributed by atoms with van der Waals surface area (Å²) in [5.74, 6) is 0.900. The molecule has 5 rings (SSSR count). The van der Waals surface area contributed by atoms with Crippen LogP contribution in [0, 0.1) is 18.3 Å². The van der Waals surface area contributed by atoms with Crippen molar-refractivity contribution in [3.63, 3.8) is 0 Å². The van der Waals surface area contributed by atoms with E-state index < -0.39 is 5.54 Å². The topological polar surface area (TPSA) is 124 Å². The minimum atomic E-state index is -0.997. The summed E-state index contributed by atoms with van der Waals surface area (Å²) in [5, 5.41) is 13.1. The summed E-state index contributed by atoms with van der Waals surface area (Å²) in [4.78, 5) is 31.0. The van der Waals surface area contributed by atoms with E-state index in [0.717, 1.165) is 16.6 Å². The van der Waals surface area contributed by atoms with Gasteiger partial charge in [-0.1, -0.05) is 0 Å². The molecule has 0 aromatic carbocycles. The van der Waals surface area contributed by atoms with Crippen LogP contribution in [0.1, 0.15) is 18.4 Å². The van der Waals surface area contributed by atoms with Crippen molar-refractivity contribution in [3.05, 3.63) is 46.6 Å². The third kappa shape index (κ3) is 3.02. The molecule has 0 radical (unpaired) electrons. The molecular weight excluding hydrogens is 396 g/mol. The highest BCUT2D eigenvalue weighted by Crippen LogP contribution is 2.30. The molecule has 1 saturated heterocycles. The van der Waals surface area contributed by atoms with Gasteiger partial charge < -0.3 is 10.1 Å². The first-order valence-corrected chi connectivity index (χ1v) is 9.96. The molecule has 0 saturated carbocycles. The molecule has 4 aromatic heterocycles. The zero-order valence-electron chi connectivity index (χ0n) is 17.2. The van der Waals surface area contributed by atoms with Gasteiger partial charge in [0.05, 0.1) is 23.3 Å². The van der Waals surface area contributed by atoms with Crippen molar-refractivity contribution in [1.82, 2.24) is 29.1 Å². The number of nitrogens with one attached hydrogen (secondary N) is 1. The number of fused-ring (bicyclic) bond motifs is 2. The Bertz CT molecular complexity index is 1410. The van der Waals surface area contributed by atoms with Crippen molar-refractivity contribution in [3.8, 4) is 6.07 Å². The minimum Gasteiger partial charge on any atom is -0.381 e. The fourth-order valence-electron chi connectivity index (χ4n) is 3.98. The lowest BCUT2D eigenvalue weighted by atomic mass is 9.91. The lowest BCUT2D eigenvalue weighted by Gasteiger charge is -2.31. The van der Waals surface area contributed by atoms with Crippen LogP contribution in [0.5, 0.6) is 0 Å². The van der Waals surface area contributed by atoms with E-state index in [4.69, 9.17) is 4.74 Å². The van der Waals surface area contributed by atoms with Gasteiger partial charge in [0.1, 0.15) is 16.9 Å². The van der Waals surface area contributed by atoms with Crippen molar-refractivity contribution in [2.24, 2.45) is 7.05 Å². The fourth-order valence-corrected chi connectivity index (χ4v) is 3.98. The fraction of sp³-hybridized carbons (Fsp3) is 0.333. The maximum absolute atomic E-state index is 13.0. The Labute approximate surface area is 177 Å². The number of aryl methyl sites for hydroxylation is 2. The Morgan fingerprint density at radius 3 is 2.81 bits per heavy atom. The average molecular weight is 416 g/mol. The number of pyridine rings is 2. The van der Waals surface area contributed by atoms with E-state index in [1.54, 1.807) is 19.4 Å². The van der Waals surface area contributed by atoms with Gasteiger partial charge in [0.2, 0.25) is 5.95 Å². The molecule has 1 N–H and O–H groups in total. The van der Waals surface area contributed by atoms with Crippen LogP contribution < -0.4 is 11.0 Å². The van der Waals surface area contributed by atoms with Gasteiger partial charge in [-0.3, -0.25) is 14.1 Å². The highest BCUT2D eigenvalue weighted by atomic mass is 16.5. The maximum Gasteiger partial charge on any atom is 0.331 e. The normalized spacial score (nSPS) is 15.8. The molecule has 1 aliphatic heterocycles. The zero-order valence-corrected chi connectivity index (χ0v) is 17.2. The Balaban J connectivity index is 1.63. The smallest absolute Gasteiger partial charge is 0.331 e. The average Bonchev–Trinajstić information content (AvgIpc) is 3.04. The Kier molecular flexibility index (Phi) is 4.41. The van der Waals surface area contributed by atoms with E-state index in [0.29, 0.717) is 49.0 Å². The van der Waals surface area contributed by atoms with Gasteiger partial charge in [0.15, 0.2) is 5.65 Å². The molecular formula is C21H20N8O2. The van der Waals surface area contributed by atoms with Crippen LogP contribution in [0.15, 0.2) is 35.4 Å². The number of imidazole rings is 1. The first-order valence-electron chi connectivity index (χ1n) is 9.96. The minimum absolute atomic E-state index is 0.295. The summed E-state index contributed by atoms with van der Waals surface area (Å²) in [6.45, 7) is 2.76. The Morgan fingerprint density at radius 1 is 1.23 bits per heavy atom. The molecule has 10 heteroatoms. The van der Waals surface area contributed by atoms with E-state index in [1.807, 2.05) is 25.1 Å². The number of hydrogen-bond donors (Lipinski definition) is 1. The van der Waals surface area contributed by atoms with Crippen LogP contribution in [-0.4, -0.2) is 42.3 Å². The number of nitriles is 1. The van der Waals surface area contributed by atoms with E-state index in [2.05, 4.69) is 31.3 Å². The molecule has 31 heavy (non-hydrogen) atoms. The SMILES string of the molecule is Cc1cc2ncccc2nc1Nc1ncc2c(n1)n(C1(C#N)CCOCC1)c(=O)n2C. The lowest BCUT2D eigenvalue weighted by Crippen LogP contribution is -2.44. The molecule has 1 fully saturated rings. The number of anilines is 2. The Hall–Kier alpha value is -3.84. The van der Waals surface area contributed by atoms with Crippen molar-refractivity contribution in [2.75, 3.05) is 18.5 Å². The predicted molar refractivity (Wildman–Crippen MR) is 114 cm³/mol. The number of rotatable bonds is 3. The van der Waals surface area contributed by atoms with Crippen LogP contribution in [0.3, 0.4) is 0 Å². The summed E-state index contributed by atoms with van der Waals surface area (Å²) in [6.07, 6.45) is 4.16. The second-order valence-corrected chi connectivity index (χ2v) is 7.66. The summed E-state index contributed by atoms with van der Waals surface area (Å²) >= 11 is 0. The number of hydrogen-bond acceptors (Lipinski definition) is 8. The largest absolute Gasteiger partial charge is 0.381 e. The molecule has 0 atom stereocenters. The molecule has 156 valence electrons. The third-order valence-electron chi connectivity index (χ3n) is 5.76. The Morgan fingerprint density at radius 2 is 2.03 bits per heavy atom. The molecule has 0 spiro atoms. The molecule has 4 aromatic rings. The zero-order chi connectivity index (χ0) is 21.6. The predicted octanol–water partition coefficient (Wildman–Crippen LogP) is 2.15. The maximum atomic E-state index is 13.0. The van der Waals surface area contributed by atoms with Crippen LogP contribution in [0.2, 0.25) is 0 Å². The van der Waals surface area contributed by atoms with Gasteiger partial charge in [-0.05, 0) is 30.7 Å². The number of ether oxygens (including phenoxy) is 1. The van der Waals surface area contributed by atoms with Crippen molar-refractivity contribution >= 4 is 34.0 Å². The van der Waals surface area contributed by atoms with Gasteiger partial charge in [-0.2, -0.15) is 10.2 Å². The van der Waals surface area contributed by atoms with Crippen molar-refractivity contribution in [2.45, 2.75) is 25.3 Å². The van der Waals surface area contributed by atoms with Crippen LogP contribution in [-0.2, 0) is 17.3 Å². The lowest BCUT2D eigenvalue weighted by molar-refractivity contribution is 0.0448. The van der Waals surface area contributed by atoms with E-state index in [-0.39, 0.29) is 5.69 Å². The second-order valence-electron chi connectivity index (χ2n) is 7.66. The second kappa shape index (κ2) is 7.14. The number of nitrogens with zero attached hydrogens (tertiary/aromatic N) is 7. The summed E-state index contributed by atoms with van der Waals surface area (Å²) in [5.41, 5.74) is 2.11. The quantitative estimate of drug-likeness (QED) is 0.539. The first-order chi connectivity index (χ1) is 15.0.